The second kappa shape index (κ2) is 9.72. The minimum Gasteiger partial charge on any atom is -0.391 e. The number of piperidine rings is 1. The zero-order chi connectivity index (χ0) is 23.5. The molecular weight excluding hydrogens is 453 g/mol. The maximum absolute atomic E-state index is 14.7. The molecule has 33 heavy (non-hydrogen) atoms. The fourth-order valence-electron chi connectivity index (χ4n) is 3.99. The number of hydrogen-bond acceptors (Lipinski definition) is 5. The van der Waals surface area contributed by atoms with Gasteiger partial charge in [0.2, 0.25) is 11.8 Å². The monoisotopic (exact) mass is 475 g/mol. The number of aromatic nitrogens is 1. The number of likely N-dealkylation sites (tertiary alicyclic amines) is 1. The third-order valence-electron chi connectivity index (χ3n) is 5.65. The van der Waals surface area contributed by atoms with Gasteiger partial charge in [-0.15, -0.1) is 0 Å². The van der Waals surface area contributed by atoms with Crippen LogP contribution in [0.3, 0.4) is 0 Å². The highest BCUT2D eigenvalue weighted by molar-refractivity contribution is 6.30. The lowest BCUT2D eigenvalue weighted by molar-refractivity contribution is -0.120. The van der Waals surface area contributed by atoms with Crippen LogP contribution in [0.5, 0.6) is 0 Å². The highest BCUT2D eigenvalue weighted by atomic mass is 35.5. The van der Waals surface area contributed by atoms with Gasteiger partial charge in [-0.3, -0.25) is 14.9 Å². The molecule has 2 aliphatic heterocycles. The fourth-order valence-corrected chi connectivity index (χ4v) is 4.10. The maximum atomic E-state index is 14.7. The van der Waals surface area contributed by atoms with E-state index in [0.29, 0.717) is 23.7 Å². The van der Waals surface area contributed by atoms with E-state index in [1.807, 2.05) is 0 Å². The smallest absolute Gasteiger partial charge is 0.323 e. The van der Waals surface area contributed by atoms with Gasteiger partial charge in [0.1, 0.15) is 17.7 Å². The van der Waals surface area contributed by atoms with Crippen molar-refractivity contribution in [1.82, 2.24) is 9.88 Å². The predicted molar refractivity (Wildman–Crippen MR) is 121 cm³/mol. The number of nitrogens with one attached hydrogen (secondary N) is 2. The molecule has 0 saturated carbocycles. The van der Waals surface area contributed by atoms with Crippen molar-refractivity contribution in [3.8, 4) is 0 Å². The Kier molecular flexibility index (Phi) is 6.75. The molecule has 2 unspecified atom stereocenters. The summed E-state index contributed by atoms with van der Waals surface area (Å²) in [5.41, 5.74) is 0.359. The van der Waals surface area contributed by atoms with Gasteiger partial charge in [0.05, 0.1) is 16.8 Å². The normalized spacial score (nSPS) is 20.6. The maximum Gasteiger partial charge on any atom is 0.323 e. The van der Waals surface area contributed by atoms with E-state index in [1.54, 1.807) is 12.1 Å². The molecule has 3 N–H and O–H groups in total. The first-order valence-corrected chi connectivity index (χ1v) is 11.0. The first-order chi connectivity index (χ1) is 15.8. The first-order valence-electron chi connectivity index (χ1n) is 10.6. The molecule has 0 bridgehead atoms. The van der Waals surface area contributed by atoms with Gasteiger partial charge in [-0.05, 0) is 43.2 Å². The summed E-state index contributed by atoms with van der Waals surface area (Å²) in [6.45, 7) is 0.465. The van der Waals surface area contributed by atoms with Crippen LogP contribution >= 0.6 is 11.6 Å². The van der Waals surface area contributed by atoms with E-state index in [0.717, 1.165) is 12.8 Å². The number of benzene rings is 1. The molecule has 4 amide bonds. The van der Waals surface area contributed by atoms with Crippen LogP contribution in [-0.4, -0.2) is 58.1 Å². The van der Waals surface area contributed by atoms with E-state index in [1.165, 1.54) is 34.2 Å². The van der Waals surface area contributed by atoms with Gasteiger partial charge < -0.3 is 20.2 Å². The van der Waals surface area contributed by atoms with E-state index in [2.05, 4.69) is 15.6 Å². The molecule has 1 aromatic heterocycles. The average Bonchev–Trinajstić information content (AvgIpc) is 3.19. The highest BCUT2D eigenvalue weighted by Crippen LogP contribution is 2.27. The molecule has 4 rings (SSSR count). The van der Waals surface area contributed by atoms with Gasteiger partial charge in [-0.2, -0.15) is 0 Å². The number of hydrogen-bond donors (Lipinski definition) is 3. The van der Waals surface area contributed by atoms with Gasteiger partial charge in [0, 0.05) is 37.8 Å². The average molecular weight is 476 g/mol. The van der Waals surface area contributed by atoms with Crippen molar-refractivity contribution in [2.45, 2.75) is 37.8 Å². The number of rotatable bonds is 4. The van der Waals surface area contributed by atoms with Crippen LogP contribution in [0.1, 0.15) is 25.7 Å². The molecule has 174 valence electrons. The molecule has 2 atom stereocenters. The zero-order valence-electron chi connectivity index (χ0n) is 17.6. The number of aliphatic hydroxyl groups is 1. The van der Waals surface area contributed by atoms with Gasteiger partial charge >= 0.3 is 6.03 Å². The zero-order valence-corrected chi connectivity index (χ0v) is 18.4. The second-order valence-corrected chi connectivity index (χ2v) is 8.44. The molecule has 11 heteroatoms. The lowest BCUT2D eigenvalue weighted by Crippen LogP contribution is -2.45. The summed E-state index contributed by atoms with van der Waals surface area (Å²) >= 11 is 5.79. The second-order valence-electron chi connectivity index (χ2n) is 8.01. The molecule has 2 fully saturated rings. The van der Waals surface area contributed by atoms with E-state index in [9.17, 15) is 23.9 Å². The van der Waals surface area contributed by atoms with Crippen LogP contribution in [0.2, 0.25) is 5.02 Å². The Hall–Kier alpha value is -3.24. The Morgan fingerprint density at radius 2 is 2.00 bits per heavy atom. The van der Waals surface area contributed by atoms with Crippen molar-refractivity contribution in [2.75, 3.05) is 28.6 Å². The Morgan fingerprint density at radius 1 is 1.18 bits per heavy atom. The van der Waals surface area contributed by atoms with Gasteiger partial charge in [0.15, 0.2) is 0 Å². The molecule has 0 aliphatic carbocycles. The molecule has 0 spiro atoms. The number of β-amino-alcohol motifs (C(OH)–C–C–N with tert-alkyl or cyclic N) is 1. The summed E-state index contributed by atoms with van der Waals surface area (Å²) in [6, 6.07) is 5.60. The molecule has 2 aromatic rings. The van der Waals surface area contributed by atoms with Gasteiger partial charge in [0.25, 0.3) is 0 Å². The van der Waals surface area contributed by atoms with Crippen LogP contribution in [0.4, 0.5) is 26.4 Å². The molecule has 2 saturated heterocycles. The van der Waals surface area contributed by atoms with Crippen molar-refractivity contribution in [2.24, 2.45) is 0 Å². The minimum atomic E-state index is -1.00. The number of aliphatic hydroxyl groups excluding tert-OH is 1. The highest BCUT2D eigenvalue weighted by Gasteiger charge is 2.39. The number of carbonyl (C=O) groups excluding carboxylic acids is 3. The number of halogens is 2. The largest absolute Gasteiger partial charge is 0.391 e. The Balaban J connectivity index is 1.44. The SMILES string of the molecule is O=C(Nc1ccc(N2CCCCC2=O)cc1F)C1CC(O)CN1C(=O)Nc1ccc(Cl)cn1. The third kappa shape index (κ3) is 5.23. The van der Waals surface area contributed by atoms with E-state index in [-0.39, 0.29) is 30.4 Å². The van der Waals surface area contributed by atoms with Crippen molar-refractivity contribution in [3.05, 3.63) is 47.4 Å². The Bertz CT molecular complexity index is 1070. The Labute approximate surface area is 194 Å². The standard InChI is InChI=1S/C22H23ClFN5O4/c23-13-4-7-19(25-11-13)27-22(33)29-12-15(30)10-18(29)21(32)26-17-6-5-14(9-16(17)24)28-8-2-1-3-20(28)31/h4-7,9,11,15,18,30H,1-3,8,10,12H2,(H,26,32)(H,25,27,33). The minimum absolute atomic E-state index is 0.00921. The van der Waals surface area contributed by atoms with Crippen LogP contribution in [-0.2, 0) is 9.59 Å². The quantitative estimate of drug-likeness (QED) is 0.629. The summed E-state index contributed by atoms with van der Waals surface area (Å²) in [5, 5.41) is 15.5. The van der Waals surface area contributed by atoms with Crippen molar-refractivity contribution in [3.63, 3.8) is 0 Å². The molecule has 9 nitrogen and oxygen atoms in total. The van der Waals surface area contributed by atoms with E-state index < -0.39 is 29.9 Å². The topological polar surface area (TPSA) is 115 Å². The van der Waals surface area contributed by atoms with Crippen LogP contribution in [0.25, 0.3) is 0 Å². The van der Waals surface area contributed by atoms with Crippen LogP contribution in [0.15, 0.2) is 36.5 Å². The van der Waals surface area contributed by atoms with Crippen LogP contribution < -0.4 is 15.5 Å². The van der Waals surface area contributed by atoms with Crippen molar-refractivity contribution >= 4 is 46.6 Å². The van der Waals surface area contributed by atoms with Crippen LogP contribution in [0, 0.1) is 5.82 Å². The predicted octanol–water partition coefficient (Wildman–Crippen LogP) is 3.00. The number of nitrogens with zero attached hydrogens (tertiary/aromatic N) is 3. The lowest BCUT2D eigenvalue weighted by atomic mass is 10.1. The Morgan fingerprint density at radius 3 is 2.70 bits per heavy atom. The van der Waals surface area contributed by atoms with E-state index in [4.69, 9.17) is 11.6 Å². The number of carbonyl (C=O) groups is 3. The number of amides is 4. The van der Waals surface area contributed by atoms with Gasteiger partial charge in [-0.1, -0.05) is 11.6 Å². The summed E-state index contributed by atoms with van der Waals surface area (Å²) < 4.78 is 14.7. The number of urea groups is 1. The third-order valence-corrected chi connectivity index (χ3v) is 5.87. The fraction of sp³-hybridized carbons (Fsp3) is 0.364. The molecule has 0 radical (unpaired) electrons. The van der Waals surface area contributed by atoms with Gasteiger partial charge in [-0.25, -0.2) is 14.2 Å². The summed E-state index contributed by atoms with van der Waals surface area (Å²) in [6.07, 6.45) is 2.56. The summed E-state index contributed by atoms with van der Waals surface area (Å²) in [7, 11) is 0. The molecule has 3 heterocycles. The summed E-state index contributed by atoms with van der Waals surface area (Å²) in [4.78, 5) is 44.3. The number of anilines is 3. The molecule has 2 aliphatic rings. The van der Waals surface area contributed by atoms with Crippen molar-refractivity contribution in [1.29, 1.82) is 0 Å². The molecule has 1 aromatic carbocycles. The van der Waals surface area contributed by atoms with Crippen molar-refractivity contribution < 1.29 is 23.9 Å². The number of pyridine rings is 1. The summed E-state index contributed by atoms with van der Waals surface area (Å²) in [5.74, 6) is -1.15. The lowest BCUT2D eigenvalue weighted by Gasteiger charge is -2.27. The first kappa shape index (κ1) is 22.9. The molecular formula is C22H23ClFN5O4. The van der Waals surface area contributed by atoms with E-state index >= 15 is 0 Å².